The zero-order valence-electron chi connectivity index (χ0n) is 15.3. The smallest absolute Gasteiger partial charge is 0.331 e. The predicted octanol–water partition coefficient (Wildman–Crippen LogP) is 3.14. The third kappa shape index (κ3) is 6.58. The van der Waals surface area contributed by atoms with Gasteiger partial charge in [-0.05, 0) is 43.2 Å². The van der Waals surface area contributed by atoms with Crippen molar-refractivity contribution in [3.63, 3.8) is 0 Å². The van der Waals surface area contributed by atoms with Crippen LogP contribution in [0.3, 0.4) is 0 Å². The van der Waals surface area contributed by atoms with Crippen LogP contribution >= 0.6 is 0 Å². The summed E-state index contributed by atoms with van der Waals surface area (Å²) in [5.74, 6) is -0.684. The Hall–Kier alpha value is -3.15. The lowest BCUT2D eigenvalue weighted by molar-refractivity contribution is -0.150. The SMILES string of the molecule is COc1ccccc1/C=C/C(=O)O[C@H](C)C(=O)NCCc1ccc(F)cc1. The number of amides is 1. The third-order valence-electron chi connectivity index (χ3n) is 3.83. The Balaban J connectivity index is 1.78. The van der Waals surface area contributed by atoms with E-state index in [0.29, 0.717) is 18.7 Å². The van der Waals surface area contributed by atoms with E-state index < -0.39 is 18.0 Å². The number of esters is 1. The number of halogens is 1. The van der Waals surface area contributed by atoms with Gasteiger partial charge in [0.1, 0.15) is 11.6 Å². The van der Waals surface area contributed by atoms with E-state index in [2.05, 4.69) is 5.32 Å². The minimum atomic E-state index is -0.923. The molecule has 0 unspecified atom stereocenters. The average Bonchev–Trinajstić information content (AvgIpc) is 2.68. The van der Waals surface area contributed by atoms with Crippen LogP contribution in [0.5, 0.6) is 5.75 Å². The van der Waals surface area contributed by atoms with Crippen LogP contribution in [0.4, 0.5) is 4.39 Å². The molecule has 5 nitrogen and oxygen atoms in total. The van der Waals surface area contributed by atoms with E-state index in [4.69, 9.17) is 9.47 Å². The van der Waals surface area contributed by atoms with E-state index in [1.807, 2.05) is 12.1 Å². The maximum atomic E-state index is 12.8. The summed E-state index contributed by atoms with van der Waals surface area (Å²) in [6.07, 6.45) is 2.45. The summed E-state index contributed by atoms with van der Waals surface area (Å²) < 4.78 is 23.1. The van der Waals surface area contributed by atoms with Gasteiger partial charge in [-0.15, -0.1) is 0 Å². The molecule has 1 amide bonds. The molecule has 0 fully saturated rings. The Morgan fingerprint density at radius 1 is 1.15 bits per heavy atom. The quantitative estimate of drug-likeness (QED) is 0.572. The summed E-state index contributed by atoms with van der Waals surface area (Å²) in [5.41, 5.74) is 1.63. The van der Waals surface area contributed by atoms with Crippen LogP contribution in [0.25, 0.3) is 6.08 Å². The summed E-state index contributed by atoms with van der Waals surface area (Å²) in [4.78, 5) is 23.9. The van der Waals surface area contributed by atoms with Crippen LogP contribution in [0.15, 0.2) is 54.6 Å². The van der Waals surface area contributed by atoms with Gasteiger partial charge in [-0.1, -0.05) is 30.3 Å². The number of para-hydroxylation sites is 1. The zero-order chi connectivity index (χ0) is 19.6. The highest BCUT2D eigenvalue weighted by Gasteiger charge is 2.16. The Kier molecular flexibility index (Phi) is 7.55. The number of nitrogens with one attached hydrogen (secondary N) is 1. The lowest BCUT2D eigenvalue weighted by Crippen LogP contribution is -2.36. The molecular weight excluding hydrogens is 349 g/mol. The first-order valence-corrected chi connectivity index (χ1v) is 8.53. The number of hydrogen-bond acceptors (Lipinski definition) is 4. The van der Waals surface area contributed by atoms with Crippen molar-refractivity contribution in [3.8, 4) is 5.75 Å². The summed E-state index contributed by atoms with van der Waals surface area (Å²) in [7, 11) is 1.54. The molecule has 1 N–H and O–H groups in total. The van der Waals surface area contributed by atoms with Gasteiger partial charge >= 0.3 is 5.97 Å². The van der Waals surface area contributed by atoms with Gasteiger partial charge in [-0.3, -0.25) is 4.79 Å². The highest BCUT2D eigenvalue weighted by Crippen LogP contribution is 2.18. The maximum Gasteiger partial charge on any atom is 0.331 e. The van der Waals surface area contributed by atoms with Crippen molar-refractivity contribution in [3.05, 3.63) is 71.6 Å². The van der Waals surface area contributed by atoms with Gasteiger partial charge in [0.2, 0.25) is 0 Å². The third-order valence-corrected chi connectivity index (χ3v) is 3.83. The molecule has 2 aromatic rings. The van der Waals surface area contributed by atoms with Gasteiger partial charge in [0.05, 0.1) is 7.11 Å². The fourth-order valence-electron chi connectivity index (χ4n) is 2.35. The number of benzene rings is 2. The van der Waals surface area contributed by atoms with Crippen molar-refractivity contribution in [2.45, 2.75) is 19.4 Å². The van der Waals surface area contributed by atoms with Crippen molar-refractivity contribution in [1.82, 2.24) is 5.32 Å². The Morgan fingerprint density at radius 3 is 2.56 bits per heavy atom. The lowest BCUT2D eigenvalue weighted by atomic mass is 10.1. The fraction of sp³-hybridized carbons (Fsp3) is 0.238. The van der Waals surface area contributed by atoms with E-state index in [0.717, 1.165) is 11.1 Å². The van der Waals surface area contributed by atoms with E-state index in [1.54, 1.807) is 37.5 Å². The maximum absolute atomic E-state index is 12.8. The summed E-state index contributed by atoms with van der Waals surface area (Å²) >= 11 is 0. The molecule has 0 bridgehead atoms. The average molecular weight is 371 g/mol. The Morgan fingerprint density at radius 2 is 1.85 bits per heavy atom. The zero-order valence-corrected chi connectivity index (χ0v) is 15.3. The molecule has 0 aromatic heterocycles. The number of carbonyl (C=O) groups excluding carboxylic acids is 2. The summed E-state index contributed by atoms with van der Waals surface area (Å²) in [5, 5.41) is 2.69. The monoisotopic (exact) mass is 371 g/mol. The number of ether oxygens (including phenoxy) is 2. The van der Waals surface area contributed by atoms with Gasteiger partial charge in [-0.25, -0.2) is 9.18 Å². The normalized spacial score (nSPS) is 11.8. The van der Waals surface area contributed by atoms with Crippen LogP contribution in [0.1, 0.15) is 18.1 Å². The molecule has 27 heavy (non-hydrogen) atoms. The van der Waals surface area contributed by atoms with Crippen LogP contribution in [-0.4, -0.2) is 31.6 Å². The molecule has 0 aliphatic heterocycles. The highest BCUT2D eigenvalue weighted by atomic mass is 19.1. The number of rotatable bonds is 8. The van der Waals surface area contributed by atoms with Crippen molar-refractivity contribution >= 4 is 18.0 Å². The van der Waals surface area contributed by atoms with E-state index in [1.165, 1.54) is 25.1 Å². The second kappa shape index (κ2) is 10.1. The van der Waals surface area contributed by atoms with Crippen molar-refractivity contribution in [1.29, 1.82) is 0 Å². The molecule has 0 saturated carbocycles. The Labute approximate surface area is 157 Å². The van der Waals surface area contributed by atoms with E-state index >= 15 is 0 Å². The minimum absolute atomic E-state index is 0.301. The van der Waals surface area contributed by atoms with Gasteiger partial charge < -0.3 is 14.8 Å². The molecule has 142 valence electrons. The van der Waals surface area contributed by atoms with Gasteiger partial charge in [0, 0.05) is 18.2 Å². The topological polar surface area (TPSA) is 64.6 Å². The Bertz CT molecular complexity index is 802. The van der Waals surface area contributed by atoms with Crippen molar-refractivity contribution < 1.29 is 23.5 Å². The molecule has 6 heteroatoms. The van der Waals surface area contributed by atoms with E-state index in [9.17, 15) is 14.0 Å². The number of methoxy groups -OCH3 is 1. The van der Waals surface area contributed by atoms with Crippen LogP contribution in [0, 0.1) is 5.82 Å². The molecular formula is C21H22FNO4. The first-order valence-electron chi connectivity index (χ1n) is 8.53. The van der Waals surface area contributed by atoms with Gasteiger partial charge in [0.25, 0.3) is 5.91 Å². The number of carbonyl (C=O) groups is 2. The van der Waals surface area contributed by atoms with Crippen LogP contribution in [0.2, 0.25) is 0 Å². The van der Waals surface area contributed by atoms with Gasteiger partial charge in [-0.2, -0.15) is 0 Å². The molecule has 0 spiro atoms. The first kappa shape index (κ1) is 20.2. The first-order chi connectivity index (χ1) is 13.0. The largest absolute Gasteiger partial charge is 0.496 e. The second-order valence-electron chi connectivity index (χ2n) is 5.82. The number of hydrogen-bond donors (Lipinski definition) is 1. The fourth-order valence-corrected chi connectivity index (χ4v) is 2.35. The highest BCUT2D eigenvalue weighted by molar-refractivity contribution is 5.90. The predicted molar refractivity (Wildman–Crippen MR) is 101 cm³/mol. The van der Waals surface area contributed by atoms with Crippen molar-refractivity contribution in [2.24, 2.45) is 0 Å². The van der Waals surface area contributed by atoms with Crippen LogP contribution < -0.4 is 10.1 Å². The summed E-state index contributed by atoms with van der Waals surface area (Å²) in [6, 6.07) is 13.3. The molecule has 2 aromatic carbocycles. The van der Waals surface area contributed by atoms with E-state index in [-0.39, 0.29) is 5.82 Å². The van der Waals surface area contributed by atoms with Crippen LogP contribution in [-0.2, 0) is 20.7 Å². The lowest BCUT2D eigenvalue weighted by Gasteiger charge is -2.12. The van der Waals surface area contributed by atoms with Gasteiger partial charge in [0.15, 0.2) is 6.10 Å². The molecule has 1 atom stereocenters. The summed E-state index contributed by atoms with van der Waals surface area (Å²) in [6.45, 7) is 1.87. The van der Waals surface area contributed by atoms with Crippen molar-refractivity contribution in [2.75, 3.05) is 13.7 Å². The molecule has 0 aliphatic carbocycles. The molecule has 2 rings (SSSR count). The standard InChI is InChI=1S/C21H22FNO4/c1-15(21(25)23-14-13-16-7-10-18(22)11-8-16)27-20(24)12-9-17-5-3-4-6-19(17)26-2/h3-12,15H,13-14H2,1-2H3,(H,23,25)/b12-9+/t15-/m1/s1. The minimum Gasteiger partial charge on any atom is -0.496 e. The second-order valence-corrected chi connectivity index (χ2v) is 5.82. The molecule has 0 heterocycles. The molecule has 0 saturated heterocycles. The molecule has 0 radical (unpaired) electrons. The molecule has 0 aliphatic rings.